The van der Waals surface area contributed by atoms with Crippen molar-refractivity contribution in [3.05, 3.63) is 35.9 Å². The van der Waals surface area contributed by atoms with Crippen LogP contribution in [0.1, 0.15) is 18.4 Å². The van der Waals surface area contributed by atoms with E-state index in [2.05, 4.69) is 0 Å². The lowest BCUT2D eigenvalue weighted by atomic mass is 9.99. The second kappa shape index (κ2) is 9.23. The molecule has 8 nitrogen and oxygen atoms in total. The molecule has 2 unspecified atom stereocenters. The Labute approximate surface area is 145 Å². The Bertz CT molecular complexity index is 535. The first-order valence-corrected chi connectivity index (χ1v) is 8.14. The molecule has 0 saturated carbocycles. The van der Waals surface area contributed by atoms with Crippen molar-refractivity contribution < 1.29 is 39.8 Å². The topological polar surface area (TPSA) is 137 Å². The summed E-state index contributed by atoms with van der Waals surface area (Å²) in [5.74, 6) is -1.07. The smallest absolute Gasteiger partial charge is 0.305 e. The highest BCUT2D eigenvalue weighted by molar-refractivity contribution is 5.67. The molecule has 0 spiro atoms. The van der Waals surface area contributed by atoms with Gasteiger partial charge in [-0.15, -0.1) is 0 Å². The standard InChI is InChI=1S/C17H24O8/c18-9-12-14(21)15(22)16(23)17(25-12)24-11(8-13(19)20)7-6-10-4-2-1-3-5-10/h1-5,11-12,14-18,21-23H,6-9H2,(H,19,20)/t11?,12-,14-,15+,16-,17?/m1/s1. The Morgan fingerprint density at radius 2 is 1.80 bits per heavy atom. The minimum atomic E-state index is -1.56. The summed E-state index contributed by atoms with van der Waals surface area (Å²) >= 11 is 0. The first-order valence-electron chi connectivity index (χ1n) is 8.14. The van der Waals surface area contributed by atoms with Crippen LogP contribution in [0.5, 0.6) is 0 Å². The normalized spacial score (nSPS) is 30.8. The predicted octanol–water partition coefficient (Wildman–Crippen LogP) is -0.721. The third-order valence-corrected chi connectivity index (χ3v) is 4.18. The van der Waals surface area contributed by atoms with Gasteiger partial charge in [0.1, 0.15) is 24.4 Å². The van der Waals surface area contributed by atoms with Crippen LogP contribution in [0.4, 0.5) is 0 Å². The lowest BCUT2D eigenvalue weighted by Crippen LogP contribution is -2.59. The van der Waals surface area contributed by atoms with E-state index in [0.29, 0.717) is 12.8 Å². The van der Waals surface area contributed by atoms with Gasteiger partial charge in [0.05, 0.1) is 19.1 Å². The highest BCUT2D eigenvalue weighted by Gasteiger charge is 2.44. The summed E-state index contributed by atoms with van der Waals surface area (Å²) < 4.78 is 10.8. The molecule has 0 aromatic heterocycles. The van der Waals surface area contributed by atoms with Gasteiger partial charge in [-0.2, -0.15) is 0 Å². The van der Waals surface area contributed by atoms with Crippen LogP contribution in [0, 0.1) is 0 Å². The number of aryl methyl sites for hydroxylation is 1. The van der Waals surface area contributed by atoms with Crippen LogP contribution in [-0.4, -0.2) is 74.9 Å². The second-order valence-electron chi connectivity index (χ2n) is 6.08. The van der Waals surface area contributed by atoms with Gasteiger partial charge in [-0.1, -0.05) is 30.3 Å². The lowest BCUT2D eigenvalue weighted by molar-refractivity contribution is -0.311. The third-order valence-electron chi connectivity index (χ3n) is 4.18. The molecule has 1 aromatic carbocycles. The molecular formula is C17H24O8. The molecule has 5 N–H and O–H groups in total. The zero-order chi connectivity index (χ0) is 18.4. The number of aliphatic hydroxyl groups is 4. The maximum atomic E-state index is 11.1. The maximum Gasteiger partial charge on any atom is 0.305 e. The summed E-state index contributed by atoms with van der Waals surface area (Å²) in [4.78, 5) is 11.1. The molecule has 140 valence electrons. The van der Waals surface area contributed by atoms with Crippen LogP contribution in [0.2, 0.25) is 0 Å². The van der Waals surface area contributed by atoms with Gasteiger partial charge in [0.15, 0.2) is 6.29 Å². The van der Waals surface area contributed by atoms with E-state index in [-0.39, 0.29) is 6.42 Å². The van der Waals surface area contributed by atoms with Crippen molar-refractivity contribution in [3.63, 3.8) is 0 Å². The number of carboxylic acid groups (broad SMARTS) is 1. The van der Waals surface area contributed by atoms with Crippen molar-refractivity contribution >= 4 is 5.97 Å². The van der Waals surface area contributed by atoms with E-state index in [1.807, 2.05) is 30.3 Å². The van der Waals surface area contributed by atoms with Crippen molar-refractivity contribution in [2.24, 2.45) is 0 Å². The summed E-state index contributed by atoms with van der Waals surface area (Å²) in [6.45, 7) is -0.571. The van der Waals surface area contributed by atoms with Gasteiger partial charge >= 0.3 is 5.97 Å². The fourth-order valence-corrected chi connectivity index (χ4v) is 2.75. The van der Waals surface area contributed by atoms with Crippen LogP contribution in [0.25, 0.3) is 0 Å². The first kappa shape index (κ1) is 19.8. The minimum Gasteiger partial charge on any atom is -0.481 e. The molecule has 6 atom stereocenters. The largest absolute Gasteiger partial charge is 0.481 e. The summed E-state index contributed by atoms with van der Waals surface area (Å²) in [7, 11) is 0. The molecule has 8 heteroatoms. The summed E-state index contributed by atoms with van der Waals surface area (Å²) in [6.07, 6.45) is -7.16. The number of ether oxygens (including phenoxy) is 2. The summed E-state index contributed by atoms with van der Waals surface area (Å²) in [5.41, 5.74) is 1.01. The number of carbonyl (C=O) groups is 1. The van der Waals surface area contributed by atoms with Gasteiger partial charge in [-0.25, -0.2) is 0 Å². The molecule has 0 bridgehead atoms. The fourth-order valence-electron chi connectivity index (χ4n) is 2.75. The number of benzene rings is 1. The van der Waals surface area contributed by atoms with E-state index in [0.717, 1.165) is 5.56 Å². The number of carboxylic acids is 1. The highest BCUT2D eigenvalue weighted by Crippen LogP contribution is 2.24. The van der Waals surface area contributed by atoms with E-state index >= 15 is 0 Å². The monoisotopic (exact) mass is 356 g/mol. The molecule has 0 aliphatic carbocycles. The number of hydrogen-bond acceptors (Lipinski definition) is 7. The average molecular weight is 356 g/mol. The Morgan fingerprint density at radius 1 is 1.12 bits per heavy atom. The van der Waals surface area contributed by atoms with E-state index < -0.39 is 49.4 Å². The van der Waals surface area contributed by atoms with Gasteiger partial charge in [0.2, 0.25) is 0 Å². The van der Waals surface area contributed by atoms with Crippen LogP contribution in [-0.2, 0) is 20.7 Å². The van der Waals surface area contributed by atoms with Crippen molar-refractivity contribution in [2.45, 2.75) is 56.1 Å². The highest BCUT2D eigenvalue weighted by atomic mass is 16.7. The van der Waals surface area contributed by atoms with Gasteiger partial charge < -0.3 is 35.0 Å². The minimum absolute atomic E-state index is 0.304. The Morgan fingerprint density at radius 3 is 2.40 bits per heavy atom. The third kappa shape index (κ3) is 5.46. The number of aliphatic hydroxyl groups excluding tert-OH is 4. The molecule has 1 aliphatic heterocycles. The van der Waals surface area contributed by atoms with Crippen molar-refractivity contribution in [1.29, 1.82) is 0 Å². The van der Waals surface area contributed by atoms with Crippen LogP contribution >= 0.6 is 0 Å². The van der Waals surface area contributed by atoms with Crippen LogP contribution < -0.4 is 0 Å². The quantitative estimate of drug-likeness (QED) is 0.412. The molecule has 0 radical (unpaired) electrons. The molecule has 0 amide bonds. The van der Waals surface area contributed by atoms with E-state index in [4.69, 9.17) is 14.6 Å². The molecule has 2 rings (SSSR count). The van der Waals surface area contributed by atoms with E-state index in [1.54, 1.807) is 0 Å². The molecule has 1 aromatic rings. The van der Waals surface area contributed by atoms with Crippen LogP contribution in [0.3, 0.4) is 0 Å². The molecular weight excluding hydrogens is 332 g/mol. The molecule has 1 heterocycles. The number of hydrogen-bond donors (Lipinski definition) is 5. The lowest BCUT2D eigenvalue weighted by Gasteiger charge is -2.40. The Hall–Kier alpha value is -1.55. The second-order valence-corrected chi connectivity index (χ2v) is 6.08. The van der Waals surface area contributed by atoms with Crippen molar-refractivity contribution in [2.75, 3.05) is 6.61 Å². The fraction of sp³-hybridized carbons (Fsp3) is 0.588. The van der Waals surface area contributed by atoms with E-state index in [1.165, 1.54) is 0 Å². The summed E-state index contributed by atoms with van der Waals surface area (Å²) in [5, 5.41) is 47.8. The molecule has 1 saturated heterocycles. The molecule has 1 aliphatic rings. The van der Waals surface area contributed by atoms with Gasteiger partial charge in [0.25, 0.3) is 0 Å². The molecule has 1 fully saturated rings. The van der Waals surface area contributed by atoms with Gasteiger partial charge in [-0.3, -0.25) is 4.79 Å². The van der Waals surface area contributed by atoms with Gasteiger partial charge in [0, 0.05) is 0 Å². The number of rotatable bonds is 8. The van der Waals surface area contributed by atoms with E-state index in [9.17, 15) is 25.2 Å². The predicted molar refractivity (Wildman–Crippen MR) is 85.7 cm³/mol. The van der Waals surface area contributed by atoms with Gasteiger partial charge in [-0.05, 0) is 18.4 Å². The number of aliphatic carboxylic acids is 1. The van der Waals surface area contributed by atoms with Crippen molar-refractivity contribution in [1.82, 2.24) is 0 Å². The average Bonchev–Trinajstić information content (AvgIpc) is 2.60. The summed E-state index contributed by atoms with van der Waals surface area (Å²) in [6, 6.07) is 9.44. The Balaban J connectivity index is 2.01. The maximum absolute atomic E-state index is 11.1. The zero-order valence-corrected chi connectivity index (χ0v) is 13.6. The zero-order valence-electron chi connectivity index (χ0n) is 13.6. The molecule has 25 heavy (non-hydrogen) atoms. The van der Waals surface area contributed by atoms with Crippen molar-refractivity contribution in [3.8, 4) is 0 Å². The Kier molecular flexibility index (Phi) is 7.30. The first-order chi connectivity index (χ1) is 11.9. The van der Waals surface area contributed by atoms with Crippen LogP contribution in [0.15, 0.2) is 30.3 Å². The SMILES string of the molecule is O=C(O)CC(CCc1ccccc1)OC1O[C@H](CO)[C@@H](O)[C@H](O)[C@H]1O.